The highest BCUT2D eigenvalue weighted by atomic mass is 35.5. The average molecular weight is 238 g/mol. The first-order valence-corrected chi connectivity index (χ1v) is 5.16. The number of phenolic OH excluding ortho intramolecular Hbond substituents is 1. The third-order valence-corrected chi connectivity index (χ3v) is 2.82. The van der Waals surface area contributed by atoms with Gasteiger partial charge in [0.1, 0.15) is 11.6 Å². The van der Waals surface area contributed by atoms with Crippen LogP contribution in [0.15, 0.2) is 18.2 Å². The molecule has 0 saturated heterocycles. The van der Waals surface area contributed by atoms with Crippen LogP contribution in [0.5, 0.6) is 5.75 Å². The van der Waals surface area contributed by atoms with E-state index in [9.17, 15) is 5.11 Å². The molecule has 1 heterocycles. The number of hydrogen-bond donors (Lipinski definition) is 2. The van der Waals surface area contributed by atoms with E-state index in [1.54, 1.807) is 25.2 Å². The van der Waals surface area contributed by atoms with Gasteiger partial charge in [-0.3, -0.25) is 4.68 Å². The van der Waals surface area contributed by atoms with Crippen LogP contribution in [0, 0.1) is 6.92 Å². The van der Waals surface area contributed by atoms with Crippen molar-refractivity contribution in [3.8, 4) is 17.0 Å². The number of aromatic hydroxyl groups is 1. The molecule has 0 aliphatic rings. The molecule has 4 nitrogen and oxygen atoms in total. The van der Waals surface area contributed by atoms with Crippen molar-refractivity contribution in [2.75, 3.05) is 5.73 Å². The second-order valence-corrected chi connectivity index (χ2v) is 4.07. The molecule has 0 amide bonds. The Bertz CT molecular complexity index is 529. The lowest BCUT2D eigenvalue weighted by Gasteiger charge is -2.06. The van der Waals surface area contributed by atoms with Crippen LogP contribution < -0.4 is 5.73 Å². The summed E-state index contributed by atoms with van der Waals surface area (Å²) in [5, 5.41) is 14.6. The zero-order valence-corrected chi connectivity index (χ0v) is 9.78. The summed E-state index contributed by atoms with van der Waals surface area (Å²) in [7, 11) is 1.74. The topological polar surface area (TPSA) is 64.1 Å². The highest BCUT2D eigenvalue weighted by Crippen LogP contribution is 2.37. The number of benzene rings is 1. The number of hydrogen-bond acceptors (Lipinski definition) is 3. The molecule has 1 aromatic heterocycles. The Balaban J connectivity index is 2.68. The summed E-state index contributed by atoms with van der Waals surface area (Å²) in [5.41, 5.74) is 7.54. The molecular weight excluding hydrogens is 226 g/mol. The second-order valence-electron chi connectivity index (χ2n) is 3.67. The number of phenols is 1. The Hall–Kier alpha value is -1.68. The number of rotatable bonds is 1. The van der Waals surface area contributed by atoms with Gasteiger partial charge in [0.15, 0.2) is 0 Å². The van der Waals surface area contributed by atoms with Crippen molar-refractivity contribution in [3.05, 3.63) is 28.8 Å². The molecule has 0 aliphatic carbocycles. The van der Waals surface area contributed by atoms with E-state index in [2.05, 4.69) is 5.10 Å². The molecule has 5 heteroatoms. The number of nitrogens with two attached hydrogens (primary N) is 1. The standard InChI is InChI=1S/C11H12ClN3O/c1-6-3-4-7(12)10(11(6)16)8-5-9(13)15(2)14-8/h3-5,16H,13H2,1-2H3. The van der Waals surface area contributed by atoms with Gasteiger partial charge >= 0.3 is 0 Å². The molecule has 0 aliphatic heterocycles. The Morgan fingerprint density at radius 2 is 2.12 bits per heavy atom. The lowest BCUT2D eigenvalue weighted by atomic mass is 10.1. The maximum absolute atomic E-state index is 9.96. The van der Waals surface area contributed by atoms with Gasteiger partial charge in [0.25, 0.3) is 0 Å². The Morgan fingerprint density at radius 1 is 1.44 bits per heavy atom. The Morgan fingerprint density at radius 3 is 2.69 bits per heavy atom. The number of anilines is 1. The highest BCUT2D eigenvalue weighted by Gasteiger charge is 2.15. The molecule has 2 rings (SSSR count). The van der Waals surface area contributed by atoms with Gasteiger partial charge in [0.2, 0.25) is 0 Å². The molecule has 0 radical (unpaired) electrons. The lowest BCUT2D eigenvalue weighted by Crippen LogP contribution is -1.96. The number of nitrogen functional groups attached to an aromatic ring is 1. The molecule has 0 fully saturated rings. The average Bonchev–Trinajstić information content (AvgIpc) is 2.54. The number of halogens is 1. The molecule has 1 aromatic carbocycles. The minimum Gasteiger partial charge on any atom is -0.507 e. The largest absolute Gasteiger partial charge is 0.507 e. The van der Waals surface area contributed by atoms with Gasteiger partial charge in [-0.25, -0.2) is 0 Å². The molecule has 0 unspecified atom stereocenters. The van der Waals surface area contributed by atoms with E-state index in [0.717, 1.165) is 5.56 Å². The third-order valence-electron chi connectivity index (χ3n) is 2.50. The van der Waals surface area contributed by atoms with Crippen LogP contribution >= 0.6 is 11.6 Å². The molecule has 0 spiro atoms. The first-order chi connectivity index (χ1) is 7.50. The first kappa shape index (κ1) is 10.8. The maximum Gasteiger partial charge on any atom is 0.129 e. The summed E-state index contributed by atoms with van der Waals surface area (Å²) >= 11 is 6.05. The monoisotopic (exact) mass is 237 g/mol. The quantitative estimate of drug-likeness (QED) is 0.800. The van der Waals surface area contributed by atoms with Crippen molar-refractivity contribution in [1.29, 1.82) is 0 Å². The van der Waals surface area contributed by atoms with Gasteiger partial charge in [0, 0.05) is 13.1 Å². The summed E-state index contributed by atoms with van der Waals surface area (Å²) in [6.07, 6.45) is 0. The normalized spacial score (nSPS) is 10.7. The summed E-state index contributed by atoms with van der Waals surface area (Å²) in [6.45, 7) is 1.81. The highest BCUT2D eigenvalue weighted by molar-refractivity contribution is 6.33. The number of aryl methyl sites for hydroxylation is 2. The van der Waals surface area contributed by atoms with E-state index in [-0.39, 0.29) is 5.75 Å². The van der Waals surface area contributed by atoms with Gasteiger partial charge in [-0.15, -0.1) is 0 Å². The lowest BCUT2D eigenvalue weighted by molar-refractivity contribution is 0.473. The molecule has 16 heavy (non-hydrogen) atoms. The molecule has 0 saturated carbocycles. The van der Waals surface area contributed by atoms with Gasteiger partial charge in [-0.05, 0) is 18.6 Å². The second kappa shape index (κ2) is 3.72. The van der Waals surface area contributed by atoms with E-state index < -0.39 is 0 Å². The summed E-state index contributed by atoms with van der Waals surface area (Å²) in [6, 6.07) is 5.17. The summed E-state index contributed by atoms with van der Waals surface area (Å²) < 4.78 is 1.54. The zero-order chi connectivity index (χ0) is 11.9. The van der Waals surface area contributed by atoms with E-state index in [4.69, 9.17) is 17.3 Å². The van der Waals surface area contributed by atoms with Crippen molar-refractivity contribution in [3.63, 3.8) is 0 Å². The van der Waals surface area contributed by atoms with Gasteiger partial charge < -0.3 is 10.8 Å². The van der Waals surface area contributed by atoms with E-state index in [1.165, 1.54) is 4.68 Å². The fourth-order valence-electron chi connectivity index (χ4n) is 1.52. The molecule has 0 bridgehead atoms. The van der Waals surface area contributed by atoms with Crippen molar-refractivity contribution in [2.24, 2.45) is 7.05 Å². The van der Waals surface area contributed by atoms with E-state index in [0.29, 0.717) is 22.1 Å². The maximum atomic E-state index is 9.96. The molecule has 2 aromatic rings. The Kier molecular flexibility index (Phi) is 2.52. The van der Waals surface area contributed by atoms with Gasteiger partial charge in [-0.1, -0.05) is 17.7 Å². The van der Waals surface area contributed by atoms with Crippen LogP contribution in [0.25, 0.3) is 11.3 Å². The summed E-state index contributed by atoms with van der Waals surface area (Å²) in [5.74, 6) is 0.664. The van der Waals surface area contributed by atoms with Crippen molar-refractivity contribution in [2.45, 2.75) is 6.92 Å². The fourth-order valence-corrected chi connectivity index (χ4v) is 1.77. The van der Waals surface area contributed by atoms with Crippen LogP contribution in [0.3, 0.4) is 0 Å². The van der Waals surface area contributed by atoms with Gasteiger partial charge in [-0.2, -0.15) is 5.10 Å². The SMILES string of the molecule is Cc1ccc(Cl)c(-c2cc(N)n(C)n2)c1O. The smallest absolute Gasteiger partial charge is 0.129 e. The van der Waals surface area contributed by atoms with Crippen molar-refractivity contribution in [1.82, 2.24) is 9.78 Å². The summed E-state index contributed by atoms with van der Waals surface area (Å²) in [4.78, 5) is 0. The first-order valence-electron chi connectivity index (χ1n) is 4.78. The fraction of sp³-hybridized carbons (Fsp3) is 0.182. The molecule has 3 N–H and O–H groups in total. The van der Waals surface area contributed by atoms with Crippen LogP contribution in [-0.2, 0) is 7.05 Å². The number of nitrogens with zero attached hydrogens (tertiary/aromatic N) is 2. The third kappa shape index (κ3) is 1.61. The van der Waals surface area contributed by atoms with E-state index in [1.807, 2.05) is 6.92 Å². The number of aromatic nitrogens is 2. The minimum absolute atomic E-state index is 0.144. The van der Waals surface area contributed by atoms with Gasteiger partial charge in [0.05, 0.1) is 16.3 Å². The predicted molar refractivity (Wildman–Crippen MR) is 64.5 cm³/mol. The van der Waals surface area contributed by atoms with Crippen LogP contribution in [-0.4, -0.2) is 14.9 Å². The van der Waals surface area contributed by atoms with Crippen LogP contribution in [0.4, 0.5) is 5.82 Å². The van der Waals surface area contributed by atoms with E-state index >= 15 is 0 Å². The molecule has 84 valence electrons. The zero-order valence-electron chi connectivity index (χ0n) is 9.03. The van der Waals surface area contributed by atoms with Crippen LogP contribution in [0.1, 0.15) is 5.56 Å². The predicted octanol–water partition coefficient (Wildman–Crippen LogP) is 2.34. The van der Waals surface area contributed by atoms with Crippen molar-refractivity contribution >= 4 is 17.4 Å². The van der Waals surface area contributed by atoms with Crippen LogP contribution in [0.2, 0.25) is 5.02 Å². The molecule has 0 atom stereocenters. The van der Waals surface area contributed by atoms with Crippen molar-refractivity contribution < 1.29 is 5.11 Å². The Labute approximate surface area is 98.3 Å². The minimum atomic E-state index is 0.144. The molecular formula is C11H12ClN3O.